The number of hydrogen-bond donors (Lipinski definition) is 1. The van der Waals surface area contributed by atoms with E-state index in [1.807, 2.05) is 0 Å². The van der Waals surface area contributed by atoms with E-state index in [0.717, 1.165) is 5.56 Å². The van der Waals surface area contributed by atoms with Crippen LogP contribution in [0.2, 0.25) is 0 Å². The molecule has 2 N–H and O–H groups in total. The summed E-state index contributed by atoms with van der Waals surface area (Å²) in [6, 6.07) is 13.4. The molecule has 0 aliphatic carbocycles. The first-order valence-corrected chi connectivity index (χ1v) is 9.11. The molecule has 1 aliphatic heterocycles. The van der Waals surface area contributed by atoms with Gasteiger partial charge in [0, 0.05) is 5.56 Å². The third-order valence-corrected chi connectivity index (χ3v) is 4.21. The molecule has 0 radical (unpaired) electrons. The molecular weight excluding hydrogens is 386 g/mol. The average molecular weight is 406 g/mol. The summed E-state index contributed by atoms with van der Waals surface area (Å²) >= 11 is 0. The topological polar surface area (TPSA) is 130 Å². The fourth-order valence-corrected chi connectivity index (χ4v) is 3.10. The van der Waals surface area contributed by atoms with Crippen LogP contribution in [-0.2, 0) is 39.1 Å². The van der Waals surface area contributed by atoms with Crippen molar-refractivity contribution in [3.63, 3.8) is 0 Å². The van der Waals surface area contributed by atoms with E-state index in [-0.39, 0.29) is 17.3 Å². The summed E-state index contributed by atoms with van der Waals surface area (Å²) in [5.41, 5.74) is 3.36. The molecule has 1 aliphatic rings. The summed E-state index contributed by atoms with van der Waals surface area (Å²) < 4.78 is 59.2. The second-order valence-corrected chi connectivity index (χ2v) is 6.69. The molecule has 0 amide bonds. The highest BCUT2D eigenvalue weighted by Gasteiger charge is 2.39. The molecule has 1 heterocycles. The highest BCUT2D eigenvalue weighted by atomic mass is 32.2. The summed E-state index contributed by atoms with van der Waals surface area (Å²) in [6.07, 6.45) is -2.07. The van der Waals surface area contributed by atoms with Crippen LogP contribution in [0.3, 0.4) is 0 Å². The van der Waals surface area contributed by atoms with E-state index in [1.165, 1.54) is 36.4 Å². The maximum atomic E-state index is 12.7. The Morgan fingerprint density at radius 1 is 1.21 bits per heavy atom. The van der Waals surface area contributed by atoms with Gasteiger partial charge in [0.2, 0.25) is 17.4 Å². The molecule has 0 aromatic heterocycles. The van der Waals surface area contributed by atoms with E-state index in [9.17, 15) is 13.2 Å². The number of carbonyl (C=O) groups is 1. The van der Waals surface area contributed by atoms with E-state index >= 15 is 0 Å². The number of carbonyl (C=O) groups excluding carboxylic acids is 3. The van der Waals surface area contributed by atoms with Crippen molar-refractivity contribution in [2.45, 2.75) is 18.7 Å². The Morgan fingerprint density at radius 2 is 1.86 bits per heavy atom. The molecule has 0 bridgehead atoms. The van der Waals surface area contributed by atoms with Gasteiger partial charge in [0.05, 0.1) is 4.11 Å². The monoisotopic (exact) mass is 406 g/mol. The van der Waals surface area contributed by atoms with Crippen LogP contribution in [0.15, 0.2) is 66.2 Å². The molecule has 0 saturated carbocycles. The van der Waals surface area contributed by atoms with Crippen LogP contribution in [0.4, 0.5) is 0 Å². The quantitative estimate of drug-likeness (QED) is 0.743. The Hall–Kier alpha value is -3.42. The van der Waals surface area contributed by atoms with Gasteiger partial charge in [-0.25, -0.2) is 0 Å². The normalized spacial score (nSPS) is 20.6. The van der Waals surface area contributed by atoms with Crippen molar-refractivity contribution in [3.8, 4) is 0 Å². The average Bonchev–Trinajstić information content (AvgIpc) is 2.93. The fraction of sp³-hybridized carbons (Fsp3) is 0.158. The van der Waals surface area contributed by atoms with Crippen LogP contribution < -0.4 is 5.73 Å². The van der Waals surface area contributed by atoms with Gasteiger partial charge < -0.3 is 14.7 Å². The molecule has 28 heavy (non-hydrogen) atoms. The van der Waals surface area contributed by atoms with Crippen molar-refractivity contribution in [2.24, 2.45) is 5.73 Å². The van der Waals surface area contributed by atoms with Crippen molar-refractivity contribution in [3.05, 3.63) is 82.9 Å². The summed E-state index contributed by atoms with van der Waals surface area (Å²) in [6.45, 7) is 1.75. The van der Waals surface area contributed by atoms with Gasteiger partial charge in [0.25, 0.3) is 0 Å². The standard InChI is InChI=1S/C18H17NO5S.CO2/c1-12-6-5-9-14(10-12)16-15(20)17(18(19)23-16)24-25(21,22)11-13-7-3-2-4-8-13;2-1-3/h2-10,16H,11,19H2,1H3;/t16-;/m0./s1/i11D2,16D;. The Morgan fingerprint density at radius 3 is 2.46 bits per heavy atom. The van der Waals surface area contributed by atoms with E-state index < -0.39 is 39.3 Å². The van der Waals surface area contributed by atoms with Gasteiger partial charge in [-0.2, -0.15) is 18.0 Å². The summed E-state index contributed by atoms with van der Waals surface area (Å²) in [7, 11) is -4.99. The number of benzene rings is 2. The van der Waals surface area contributed by atoms with E-state index in [0.29, 0.717) is 0 Å². The van der Waals surface area contributed by atoms with Gasteiger partial charge in [-0.15, -0.1) is 0 Å². The maximum Gasteiger partial charge on any atom is 0.373 e. The Bertz CT molecular complexity index is 1160. The molecule has 2 aromatic carbocycles. The molecule has 0 spiro atoms. The van der Waals surface area contributed by atoms with Crippen molar-refractivity contribution < 1.29 is 35.8 Å². The van der Waals surface area contributed by atoms with Gasteiger partial charge in [-0.05, 0) is 12.5 Å². The van der Waals surface area contributed by atoms with Crippen LogP contribution in [0.1, 0.15) is 26.9 Å². The van der Waals surface area contributed by atoms with Crippen LogP contribution in [-0.4, -0.2) is 20.4 Å². The molecule has 2 aromatic rings. The van der Waals surface area contributed by atoms with Gasteiger partial charge in [0.15, 0.2) is 6.08 Å². The van der Waals surface area contributed by atoms with Gasteiger partial charge in [-0.3, -0.25) is 4.79 Å². The lowest BCUT2D eigenvalue weighted by Gasteiger charge is -2.10. The fourth-order valence-electron chi connectivity index (χ4n) is 2.25. The molecule has 1 atom stereocenters. The number of Topliss-reactive ketones (excluding diaryl/α,β-unsaturated/α-hetero) is 1. The minimum absolute atomic E-state index is 0.141. The van der Waals surface area contributed by atoms with Crippen LogP contribution in [0.5, 0.6) is 0 Å². The highest BCUT2D eigenvalue weighted by molar-refractivity contribution is 7.86. The van der Waals surface area contributed by atoms with Gasteiger partial charge in [0.1, 0.15) is 5.70 Å². The lowest BCUT2D eigenvalue weighted by atomic mass is 10.0. The lowest BCUT2D eigenvalue weighted by molar-refractivity contribution is -0.191. The van der Waals surface area contributed by atoms with Crippen LogP contribution in [0.25, 0.3) is 0 Å². The zero-order valence-corrected chi connectivity index (χ0v) is 15.4. The Labute approximate surface area is 165 Å². The third-order valence-electron chi connectivity index (χ3n) is 3.34. The molecule has 0 saturated heterocycles. The number of aryl methyl sites for hydroxylation is 1. The predicted molar refractivity (Wildman–Crippen MR) is 96.4 cm³/mol. The predicted octanol–water partition coefficient (Wildman–Crippen LogP) is 1.73. The Kier molecular flexibility index (Phi) is 5.37. The number of ether oxygens (including phenoxy) is 1. The minimum atomic E-state index is -4.99. The second kappa shape index (κ2) is 8.98. The number of nitrogens with two attached hydrogens (primary N) is 1. The second-order valence-electron chi connectivity index (χ2n) is 5.41. The number of hydrogen-bond acceptors (Lipinski definition) is 8. The molecule has 8 nitrogen and oxygen atoms in total. The van der Waals surface area contributed by atoms with E-state index in [2.05, 4.69) is 0 Å². The zero-order valence-electron chi connectivity index (χ0n) is 17.5. The summed E-state index contributed by atoms with van der Waals surface area (Å²) in [4.78, 5) is 29.0. The third kappa shape index (κ3) is 5.29. The molecule has 9 heteroatoms. The maximum absolute atomic E-state index is 12.7. The Balaban J connectivity index is 0.00000107. The van der Waals surface area contributed by atoms with E-state index in [1.54, 1.807) is 25.1 Å². The first kappa shape index (κ1) is 16.7. The molecule has 0 unspecified atom stereocenters. The van der Waals surface area contributed by atoms with E-state index in [4.69, 9.17) is 28.4 Å². The molecule has 0 fully saturated rings. The summed E-state index contributed by atoms with van der Waals surface area (Å²) in [5.74, 6) is -2.76. The first-order chi connectivity index (χ1) is 14.4. The van der Waals surface area contributed by atoms with Gasteiger partial charge >= 0.3 is 16.3 Å². The van der Waals surface area contributed by atoms with Crippen LogP contribution >= 0.6 is 0 Å². The molecular formula is C19H17NO7S. The lowest BCUT2D eigenvalue weighted by Crippen LogP contribution is -2.16. The van der Waals surface area contributed by atoms with Crippen LogP contribution in [0, 0.1) is 6.92 Å². The smallest absolute Gasteiger partial charge is 0.373 e. The number of rotatable bonds is 5. The minimum Gasteiger partial charge on any atom is -0.460 e. The van der Waals surface area contributed by atoms with Crippen molar-refractivity contribution in [1.29, 1.82) is 0 Å². The number of ketones is 1. The largest absolute Gasteiger partial charge is 0.460 e. The SMILES string of the molecule is O=C=O.[2H]C([2H])(c1ccccc1)S(=O)(=O)OC1=C(N)O[C@@]([2H])(c2cccc(C)c2)C1=O. The first-order valence-electron chi connectivity index (χ1n) is 9.20. The van der Waals surface area contributed by atoms with Crippen molar-refractivity contribution in [2.75, 3.05) is 0 Å². The van der Waals surface area contributed by atoms with Crippen molar-refractivity contribution in [1.82, 2.24) is 0 Å². The molecule has 146 valence electrons. The summed E-state index contributed by atoms with van der Waals surface area (Å²) in [5, 5.41) is 0. The zero-order chi connectivity index (χ0) is 23.4. The van der Waals surface area contributed by atoms with Crippen molar-refractivity contribution >= 4 is 22.1 Å². The van der Waals surface area contributed by atoms with Gasteiger partial charge in [-0.1, -0.05) is 60.2 Å². The highest BCUT2D eigenvalue weighted by Crippen LogP contribution is 2.33. The molecule has 3 rings (SSSR count).